The van der Waals surface area contributed by atoms with E-state index in [-0.39, 0.29) is 6.47 Å². The summed E-state index contributed by atoms with van der Waals surface area (Å²) >= 11 is 0. The number of rotatable bonds is 47. The number of nitrogens with zero attached hydrogens (tertiary/aromatic N) is 1. The quantitative estimate of drug-likeness (QED) is 0.0315. The van der Waals surface area contributed by atoms with Gasteiger partial charge in [0.15, 0.2) is 0 Å². The summed E-state index contributed by atoms with van der Waals surface area (Å²) in [6, 6.07) is 0. The minimum absolute atomic E-state index is 0.250. The summed E-state index contributed by atoms with van der Waals surface area (Å²) in [5, 5.41) is 13.4. The van der Waals surface area contributed by atoms with E-state index in [9.17, 15) is 9.59 Å². The molecule has 0 heterocycles. The molecular formula is C53H107N3O5. The topological polar surface area (TPSA) is 108 Å². The van der Waals surface area contributed by atoms with Crippen LogP contribution in [0.2, 0.25) is 0 Å². The van der Waals surface area contributed by atoms with Crippen molar-refractivity contribution in [2.45, 2.75) is 259 Å². The summed E-state index contributed by atoms with van der Waals surface area (Å²) in [7, 11) is 3.73. The number of carbonyl (C=O) groups is 3. The summed E-state index contributed by atoms with van der Waals surface area (Å²) < 4.78 is 5.33. The summed E-state index contributed by atoms with van der Waals surface area (Å²) in [5.74, 6) is 0.972. The lowest BCUT2D eigenvalue weighted by Gasteiger charge is -2.23. The molecule has 0 aliphatic carbocycles. The van der Waals surface area contributed by atoms with E-state index < -0.39 is 0 Å². The van der Waals surface area contributed by atoms with Gasteiger partial charge >= 0.3 is 0 Å². The second-order valence-electron chi connectivity index (χ2n) is 17.7. The van der Waals surface area contributed by atoms with Gasteiger partial charge in [-0.2, -0.15) is 0 Å². The van der Waals surface area contributed by atoms with Gasteiger partial charge < -0.3 is 30.2 Å². The monoisotopic (exact) mass is 866 g/mol. The third-order valence-corrected chi connectivity index (χ3v) is 12.1. The maximum Gasteiger partial charge on any atom is 0.290 e. The van der Waals surface area contributed by atoms with Gasteiger partial charge in [-0.1, -0.05) is 207 Å². The highest BCUT2D eigenvalue weighted by Crippen LogP contribution is 2.25. The Labute approximate surface area is 380 Å². The third kappa shape index (κ3) is 54.3. The molecule has 1 unspecified atom stereocenters. The highest BCUT2D eigenvalue weighted by Gasteiger charge is 2.10. The van der Waals surface area contributed by atoms with Gasteiger partial charge in [-0.05, 0) is 77.2 Å². The van der Waals surface area contributed by atoms with Crippen molar-refractivity contribution in [1.29, 1.82) is 0 Å². The van der Waals surface area contributed by atoms with Crippen LogP contribution in [0.4, 0.5) is 0 Å². The van der Waals surface area contributed by atoms with Gasteiger partial charge in [0.2, 0.25) is 0 Å². The molecule has 0 aliphatic rings. The van der Waals surface area contributed by atoms with Crippen LogP contribution in [0.15, 0.2) is 11.8 Å². The second kappa shape index (κ2) is 58.2. The number of unbranched alkanes of at least 4 members (excludes halogenated alkanes) is 24. The minimum Gasteiger partial charge on any atom is -0.483 e. The Balaban J connectivity index is -0.00000176. The Morgan fingerprint density at radius 3 is 1.34 bits per heavy atom. The third-order valence-electron chi connectivity index (χ3n) is 12.1. The Kier molecular flexibility index (Phi) is 60.6. The summed E-state index contributed by atoms with van der Waals surface area (Å²) in [5.41, 5.74) is 0.968. The lowest BCUT2D eigenvalue weighted by Crippen LogP contribution is -2.30. The molecule has 0 rings (SSSR count). The van der Waals surface area contributed by atoms with Gasteiger partial charge in [0.1, 0.15) is 12.6 Å². The van der Waals surface area contributed by atoms with E-state index in [0.717, 1.165) is 56.5 Å². The number of carboxylic acid groups (broad SMARTS) is 1. The van der Waals surface area contributed by atoms with Crippen molar-refractivity contribution in [2.75, 3.05) is 46.9 Å². The van der Waals surface area contributed by atoms with Crippen LogP contribution in [-0.2, 0) is 19.1 Å². The van der Waals surface area contributed by atoms with Gasteiger partial charge in [-0.3, -0.25) is 9.59 Å². The molecule has 0 radical (unpaired) electrons. The van der Waals surface area contributed by atoms with E-state index in [1.54, 1.807) is 6.08 Å². The molecule has 1 atom stereocenters. The first-order valence-electron chi connectivity index (χ1n) is 26.3. The van der Waals surface area contributed by atoms with E-state index in [4.69, 9.17) is 14.6 Å². The molecule has 8 nitrogen and oxygen atoms in total. The highest BCUT2D eigenvalue weighted by atomic mass is 16.5. The van der Waals surface area contributed by atoms with E-state index >= 15 is 0 Å². The normalized spacial score (nSPS) is 11.8. The van der Waals surface area contributed by atoms with E-state index in [1.165, 1.54) is 212 Å². The lowest BCUT2D eigenvalue weighted by molar-refractivity contribution is -0.123. The molecule has 0 amide bonds. The van der Waals surface area contributed by atoms with Crippen LogP contribution < -0.4 is 10.6 Å². The van der Waals surface area contributed by atoms with Gasteiger partial charge in [0.05, 0.1) is 6.10 Å². The number of likely N-dealkylation sites (N-methyl/N-ethyl adjacent to an activating group) is 1. The maximum absolute atomic E-state index is 10.9. The average molecular weight is 866 g/mol. The maximum atomic E-state index is 10.9. The molecule has 0 bridgehead atoms. The molecule has 0 aromatic carbocycles. The summed E-state index contributed by atoms with van der Waals surface area (Å²) in [6.07, 6.45) is 51.0. The van der Waals surface area contributed by atoms with Gasteiger partial charge in [0.25, 0.3) is 6.47 Å². The zero-order valence-electron chi connectivity index (χ0n) is 41.8. The van der Waals surface area contributed by atoms with Crippen LogP contribution in [0.1, 0.15) is 252 Å². The Bertz CT molecular complexity index is 853. The molecule has 0 aromatic heterocycles. The summed E-state index contributed by atoms with van der Waals surface area (Å²) in [4.78, 5) is 32.5. The van der Waals surface area contributed by atoms with Crippen molar-refractivity contribution in [3.63, 3.8) is 0 Å². The number of aldehydes is 2. The van der Waals surface area contributed by atoms with Crippen LogP contribution in [0.5, 0.6) is 0 Å². The predicted molar refractivity (Wildman–Crippen MR) is 266 cm³/mol. The molecular weight excluding hydrogens is 759 g/mol. The fraction of sp³-hybridized carbons (Fsp3) is 0.906. The first-order chi connectivity index (χ1) is 30.0. The van der Waals surface area contributed by atoms with Crippen LogP contribution in [-0.4, -0.2) is 82.0 Å². The minimum atomic E-state index is -0.250. The molecule has 0 fully saturated rings. The number of carbonyl (C=O) groups excluding carboxylic acids is 2. The number of allylic oxidation sites excluding steroid dienone is 1. The van der Waals surface area contributed by atoms with Gasteiger partial charge in [0, 0.05) is 32.3 Å². The first-order valence-corrected chi connectivity index (χ1v) is 26.3. The van der Waals surface area contributed by atoms with Crippen LogP contribution in [0.25, 0.3) is 0 Å². The van der Waals surface area contributed by atoms with Crippen LogP contribution in [0, 0.1) is 5.92 Å². The Morgan fingerprint density at radius 1 is 0.557 bits per heavy atom. The summed E-state index contributed by atoms with van der Waals surface area (Å²) in [6.45, 7) is 13.9. The zero-order chi connectivity index (χ0) is 45.5. The molecule has 0 aromatic rings. The zero-order valence-corrected chi connectivity index (χ0v) is 41.8. The average Bonchev–Trinajstić information content (AvgIpc) is 3.26. The largest absolute Gasteiger partial charge is 0.483 e. The number of hydrogen-bond donors (Lipinski definition) is 3. The van der Waals surface area contributed by atoms with Gasteiger partial charge in [-0.15, -0.1) is 0 Å². The molecule has 364 valence electrons. The van der Waals surface area contributed by atoms with Crippen molar-refractivity contribution in [1.82, 2.24) is 15.5 Å². The molecule has 0 saturated heterocycles. The predicted octanol–water partition coefficient (Wildman–Crippen LogP) is 14.4. The second-order valence-corrected chi connectivity index (χ2v) is 17.7. The van der Waals surface area contributed by atoms with Crippen LogP contribution in [0.3, 0.4) is 0 Å². The highest BCUT2D eigenvalue weighted by molar-refractivity contribution is 5.66. The molecule has 0 spiro atoms. The smallest absolute Gasteiger partial charge is 0.290 e. The van der Waals surface area contributed by atoms with Crippen molar-refractivity contribution < 1.29 is 24.2 Å². The first kappa shape index (κ1) is 63.5. The number of nitrogens with one attached hydrogen (secondary N) is 2. The fourth-order valence-corrected chi connectivity index (χ4v) is 8.23. The van der Waals surface area contributed by atoms with E-state index in [0.29, 0.717) is 19.1 Å². The number of hydrogen-bond acceptors (Lipinski definition) is 7. The van der Waals surface area contributed by atoms with Crippen molar-refractivity contribution >= 4 is 19.0 Å². The standard InChI is InChI=1S/C40H79N3O2.C12H26O.CH2O2/c1-4-6-8-10-15-21-28-39(29-22-16-11-9-7-5-2)30-23-17-14-19-25-34-43(33-24-18-12-13-20-26-36-44)35-27-32-42-40(31-37-45)38-41-3;1-4-6-7-8-9-10-11-12(5-2)13-3;2-1-3/h31,36-37,39,41-42H,4-30,32-35,38H2,1-3H3;12H,4-11H2,1-3H3;1H,(H,2,3)/b40-31+;;. The van der Waals surface area contributed by atoms with E-state index in [1.807, 2.05) is 14.2 Å². The molecule has 0 aliphatic heterocycles. The fourth-order valence-electron chi connectivity index (χ4n) is 8.23. The Morgan fingerprint density at radius 2 is 0.951 bits per heavy atom. The molecule has 8 heteroatoms. The van der Waals surface area contributed by atoms with Crippen LogP contribution >= 0.6 is 0 Å². The van der Waals surface area contributed by atoms with Crippen molar-refractivity contribution in [2.24, 2.45) is 5.92 Å². The molecule has 3 N–H and O–H groups in total. The Hall–Kier alpha value is -1.77. The SMILES string of the molecule is CCCCCCCCC(CC)OC.CCCCCCCCC(CCCCCCCC)CCCCCCCN(CCCCCCCC=O)CCCN/C(=C/C=O)CNC.O=CO. The number of ether oxygens (including phenoxy) is 1. The molecule has 0 saturated carbocycles. The van der Waals surface area contributed by atoms with Crippen molar-refractivity contribution in [3.05, 3.63) is 11.8 Å². The molecule has 61 heavy (non-hydrogen) atoms. The van der Waals surface area contributed by atoms with Crippen molar-refractivity contribution in [3.8, 4) is 0 Å². The van der Waals surface area contributed by atoms with Gasteiger partial charge in [-0.25, -0.2) is 0 Å². The van der Waals surface area contributed by atoms with E-state index in [2.05, 4.69) is 43.2 Å². The lowest BCUT2D eigenvalue weighted by atomic mass is 9.89. The number of methoxy groups -OCH3 is 1.